The van der Waals surface area contributed by atoms with Crippen molar-refractivity contribution in [2.45, 2.75) is 0 Å². The molecule has 2 aromatic rings. The minimum atomic E-state index is -0.179. The van der Waals surface area contributed by atoms with Crippen molar-refractivity contribution in [3.63, 3.8) is 0 Å². The van der Waals surface area contributed by atoms with E-state index in [-0.39, 0.29) is 11.6 Å². The molecule has 1 N–H and O–H groups in total. The maximum Gasteiger partial charge on any atom is 0.212 e. The van der Waals surface area contributed by atoms with E-state index in [9.17, 15) is 9.59 Å². The number of hydrogen-bond acceptors (Lipinski definition) is 3. The molecule has 0 atom stereocenters. The van der Waals surface area contributed by atoms with Crippen LogP contribution in [0.15, 0.2) is 24.3 Å². The zero-order valence-electron chi connectivity index (χ0n) is 8.98. The summed E-state index contributed by atoms with van der Waals surface area (Å²) >= 11 is 5.04. The predicted octanol–water partition coefficient (Wildman–Crippen LogP) is 1.86. The van der Waals surface area contributed by atoms with E-state index in [0.29, 0.717) is 27.3 Å². The molecule has 0 saturated carbocycles. The summed E-state index contributed by atoms with van der Waals surface area (Å²) in [6.07, 6.45) is 0. The van der Waals surface area contributed by atoms with Gasteiger partial charge in [-0.25, -0.2) is 0 Å². The second-order valence-corrected chi connectivity index (χ2v) is 4.30. The first kappa shape index (κ1) is 10.2. The number of benzene rings is 1. The van der Waals surface area contributed by atoms with Gasteiger partial charge in [0.2, 0.25) is 11.6 Å². The molecule has 1 aromatic heterocycles. The summed E-state index contributed by atoms with van der Waals surface area (Å²) in [7, 11) is 1.68. The standard InChI is InChI=1S/C12H8N2O2S/c1-14-9-8(13-12(14)17)10(15)6-4-2-3-5-7(6)11(9)16/h2-5H,1H3,(H,13,17). The molecule has 3 rings (SSSR count). The highest BCUT2D eigenvalue weighted by Gasteiger charge is 2.32. The molecule has 1 aliphatic carbocycles. The van der Waals surface area contributed by atoms with Crippen LogP contribution in [0.3, 0.4) is 0 Å². The number of H-pyrrole nitrogens is 1. The number of rotatable bonds is 0. The lowest BCUT2D eigenvalue weighted by atomic mass is 9.90. The lowest BCUT2D eigenvalue weighted by Gasteiger charge is -2.14. The van der Waals surface area contributed by atoms with Crippen LogP contribution in [0, 0.1) is 4.77 Å². The summed E-state index contributed by atoms with van der Waals surface area (Å²) in [4.78, 5) is 27.2. The summed E-state index contributed by atoms with van der Waals surface area (Å²) in [5.41, 5.74) is 1.51. The third kappa shape index (κ3) is 1.20. The van der Waals surface area contributed by atoms with Gasteiger partial charge in [0, 0.05) is 18.2 Å². The molecule has 5 heteroatoms. The minimum Gasteiger partial charge on any atom is -0.327 e. The van der Waals surface area contributed by atoms with Gasteiger partial charge in [0.15, 0.2) is 4.77 Å². The molecule has 1 aromatic carbocycles. The van der Waals surface area contributed by atoms with Gasteiger partial charge in [-0.15, -0.1) is 0 Å². The zero-order valence-corrected chi connectivity index (χ0v) is 9.80. The fourth-order valence-corrected chi connectivity index (χ4v) is 2.28. The monoisotopic (exact) mass is 244 g/mol. The van der Waals surface area contributed by atoms with Gasteiger partial charge in [0.25, 0.3) is 0 Å². The molecule has 0 aliphatic heterocycles. The van der Waals surface area contributed by atoms with Crippen LogP contribution in [-0.2, 0) is 7.05 Å². The largest absolute Gasteiger partial charge is 0.327 e. The van der Waals surface area contributed by atoms with E-state index in [2.05, 4.69) is 4.98 Å². The van der Waals surface area contributed by atoms with Gasteiger partial charge in [0.1, 0.15) is 11.4 Å². The van der Waals surface area contributed by atoms with Crippen LogP contribution in [0.2, 0.25) is 0 Å². The molecule has 1 aliphatic rings. The highest BCUT2D eigenvalue weighted by molar-refractivity contribution is 7.71. The molecule has 0 bridgehead atoms. The van der Waals surface area contributed by atoms with Crippen molar-refractivity contribution in [2.75, 3.05) is 0 Å². The Morgan fingerprint density at radius 1 is 1.12 bits per heavy atom. The molecule has 1 heterocycles. The first-order valence-electron chi connectivity index (χ1n) is 5.08. The number of carbonyl (C=O) groups is 2. The third-order valence-corrected chi connectivity index (χ3v) is 3.34. The Morgan fingerprint density at radius 3 is 2.35 bits per heavy atom. The van der Waals surface area contributed by atoms with Crippen LogP contribution in [0.1, 0.15) is 32.1 Å². The Balaban J connectivity index is 2.41. The fraction of sp³-hybridized carbons (Fsp3) is 0.0833. The molecule has 0 amide bonds. The quantitative estimate of drug-likeness (QED) is 0.614. The molecule has 84 valence electrons. The number of nitrogens with zero attached hydrogens (tertiary/aromatic N) is 1. The Hall–Kier alpha value is -2.01. The number of carbonyl (C=O) groups excluding carboxylic acids is 2. The highest BCUT2D eigenvalue weighted by Crippen LogP contribution is 2.26. The van der Waals surface area contributed by atoms with Gasteiger partial charge >= 0.3 is 0 Å². The molecule has 0 unspecified atom stereocenters. The molecular formula is C12H8N2O2S. The maximum atomic E-state index is 12.2. The van der Waals surface area contributed by atoms with Crippen molar-refractivity contribution < 1.29 is 9.59 Å². The summed E-state index contributed by atoms with van der Waals surface area (Å²) in [5.74, 6) is -0.341. The molecule has 4 nitrogen and oxygen atoms in total. The number of aromatic nitrogens is 2. The van der Waals surface area contributed by atoms with E-state index in [1.807, 2.05) is 0 Å². The van der Waals surface area contributed by atoms with Crippen LogP contribution >= 0.6 is 12.2 Å². The van der Waals surface area contributed by atoms with Crippen molar-refractivity contribution >= 4 is 23.8 Å². The van der Waals surface area contributed by atoms with E-state index in [4.69, 9.17) is 12.2 Å². The normalized spacial score (nSPS) is 13.5. The summed E-state index contributed by atoms with van der Waals surface area (Å²) < 4.78 is 1.92. The van der Waals surface area contributed by atoms with Crippen molar-refractivity contribution in [1.29, 1.82) is 0 Å². The van der Waals surface area contributed by atoms with Gasteiger partial charge in [-0.2, -0.15) is 0 Å². The highest BCUT2D eigenvalue weighted by atomic mass is 32.1. The van der Waals surface area contributed by atoms with Crippen LogP contribution < -0.4 is 0 Å². The van der Waals surface area contributed by atoms with E-state index in [0.717, 1.165) is 0 Å². The molecular weight excluding hydrogens is 236 g/mol. The van der Waals surface area contributed by atoms with Gasteiger partial charge in [-0.1, -0.05) is 24.3 Å². The van der Waals surface area contributed by atoms with Gasteiger partial charge in [-0.05, 0) is 12.2 Å². The summed E-state index contributed by atoms with van der Waals surface area (Å²) in [6.45, 7) is 0. The first-order valence-corrected chi connectivity index (χ1v) is 5.49. The van der Waals surface area contributed by atoms with E-state index < -0.39 is 0 Å². The van der Waals surface area contributed by atoms with Gasteiger partial charge < -0.3 is 9.55 Å². The lowest BCUT2D eigenvalue weighted by molar-refractivity contribution is 0.0971. The van der Waals surface area contributed by atoms with E-state index in [1.54, 1.807) is 35.9 Å². The maximum absolute atomic E-state index is 12.2. The van der Waals surface area contributed by atoms with Crippen molar-refractivity contribution in [3.05, 3.63) is 51.6 Å². The molecule has 0 spiro atoms. The number of imidazole rings is 1. The van der Waals surface area contributed by atoms with Crippen LogP contribution in [0.4, 0.5) is 0 Å². The Kier molecular flexibility index (Phi) is 1.94. The number of hydrogen-bond donors (Lipinski definition) is 1. The third-order valence-electron chi connectivity index (χ3n) is 2.97. The number of nitrogens with one attached hydrogen (secondary N) is 1. The SMILES string of the molecule is Cn1c2c([nH]c1=S)C(=O)c1ccccc1C2=O. The van der Waals surface area contributed by atoms with E-state index >= 15 is 0 Å². The van der Waals surface area contributed by atoms with Crippen molar-refractivity contribution in [2.24, 2.45) is 7.05 Å². The first-order chi connectivity index (χ1) is 8.11. The van der Waals surface area contributed by atoms with Gasteiger partial charge in [-0.3, -0.25) is 9.59 Å². The minimum absolute atomic E-state index is 0.162. The number of ketones is 2. The Labute approximate surface area is 102 Å². The second kappa shape index (κ2) is 3.24. The molecule has 0 saturated heterocycles. The van der Waals surface area contributed by atoms with Crippen molar-refractivity contribution in [3.8, 4) is 0 Å². The molecule has 0 fully saturated rings. The van der Waals surface area contributed by atoms with Crippen LogP contribution in [0.25, 0.3) is 0 Å². The van der Waals surface area contributed by atoms with E-state index in [1.165, 1.54) is 0 Å². The average Bonchev–Trinajstić information content (AvgIpc) is 2.64. The van der Waals surface area contributed by atoms with Crippen molar-refractivity contribution in [1.82, 2.24) is 9.55 Å². The lowest BCUT2D eigenvalue weighted by Crippen LogP contribution is -2.22. The average molecular weight is 244 g/mol. The number of fused-ring (bicyclic) bond motifs is 2. The zero-order chi connectivity index (χ0) is 12.2. The Morgan fingerprint density at radius 2 is 1.71 bits per heavy atom. The van der Waals surface area contributed by atoms with Gasteiger partial charge in [0.05, 0.1) is 0 Å². The summed E-state index contributed by atoms with van der Waals surface area (Å²) in [6, 6.07) is 6.81. The number of aromatic amines is 1. The molecule has 0 radical (unpaired) electrons. The summed E-state index contributed by atoms with van der Waals surface area (Å²) in [5, 5.41) is 0. The molecule has 17 heavy (non-hydrogen) atoms. The predicted molar refractivity (Wildman–Crippen MR) is 63.9 cm³/mol. The fourth-order valence-electron chi connectivity index (χ4n) is 2.09. The van der Waals surface area contributed by atoms with Crippen LogP contribution in [-0.4, -0.2) is 21.1 Å². The second-order valence-electron chi connectivity index (χ2n) is 3.92. The smallest absolute Gasteiger partial charge is 0.212 e. The topological polar surface area (TPSA) is 54.9 Å². The Bertz CT molecular complexity index is 724. The van der Waals surface area contributed by atoms with Crippen LogP contribution in [0.5, 0.6) is 0 Å².